The Hall–Kier alpha value is -2.33. The molecule has 0 atom stereocenters. The Bertz CT molecular complexity index is 719. The summed E-state index contributed by atoms with van der Waals surface area (Å²) < 4.78 is 5.28. The van der Waals surface area contributed by atoms with Gasteiger partial charge in [-0.05, 0) is 30.2 Å². The minimum Gasteiger partial charge on any atom is -0.496 e. The van der Waals surface area contributed by atoms with Gasteiger partial charge in [-0.3, -0.25) is 4.79 Å². The van der Waals surface area contributed by atoms with Gasteiger partial charge in [0.25, 0.3) is 5.91 Å². The summed E-state index contributed by atoms with van der Waals surface area (Å²) in [7, 11) is 1.62. The number of hydrogen-bond acceptors (Lipinski definition) is 2. The summed E-state index contributed by atoms with van der Waals surface area (Å²) in [6.07, 6.45) is 2.70. The number of likely N-dealkylation sites (tertiary alicyclic amines) is 1. The summed E-state index contributed by atoms with van der Waals surface area (Å²) >= 11 is 0. The third-order valence-corrected chi connectivity index (χ3v) is 4.91. The number of benzene rings is 2. The smallest absolute Gasteiger partial charge is 0.251 e. The molecule has 1 aliphatic rings. The van der Waals surface area contributed by atoms with Gasteiger partial charge in [0, 0.05) is 30.5 Å². The molecule has 0 unspecified atom stereocenters. The largest absolute Gasteiger partial charge is 0.496 e. The van der Waals surface area contributed by atoms with Crippen molar-refractivity contribution in [3.63, 3.8) is 0 Å². The Balaban J connectivity index is 1.54. The van der Waals surface area contributed by atoms with E-state index < -0.39 is 0 Å². The molecule has 2 aromatic rings. The van der Waals surface area contributed by atoms with Gasteiger partial charge in [-0.15, -0.1) is 0 Å². The first-order valence-electron chi connectivity index (χ1n) is 9.00. The van der Waals surface area contributed by atoms with E-state index in [0.717, 1.165) is 23.4 Å². The van der Waals surface area contributed by atoms with Crippen LogP contribution < -0.4 is 15.0 Å². The zero-order chi connectivity index (χ0) is 17.6. The predicted molar refractivity (Wildman–Crippen MR) is 99.0 cm³/mol. The van der Waals surface area contributed by atoms with Gasteiger partial charge >= 0.3 is 0 Å². The van der Waals surface area contributed by atoms with Crippen LogP contribution in [0.5, 0.6) is 5.75 Å². The fourth-order valence-electron chi connectivity index (χ4n) is 3.36. The molecule has 3 rings (SSSR count). The van der Waals surface area contributed by atoms with Crippen LogP contribution in [0.4, 0.5) is 0 Å². The van der Waals surface area contributed by atoms with E-state index in [9.17, 15) is 4.79 Å². The van der Waals surface area contributed by atoms with E-state index in [2.05, 4.69) is 29.6 Å². The highest BCUT2D eigenvalue weighted by atomic mass is 16.5. The molecule has 0 aliphatic carbocycles. The average molecular weight is 339 g/mol. The summed E-state index contributed by atoms with van der Waals surface area (Å²) in [5.41, 5.74) is 4.13. The Labute approximate surface area is 149 Å². The van der Waals surface area contributed by atoms with Crippen molar-refractivity contribution in [3.05, 3.63) is 64.7 Å². The molecule has 1 aliphatic heterocycles. The molecule has 1 amide bonds. The summed E-state index contributed by atoms with van der Waals surface area (Å²) in [5, 5.41) is 2.98. The van der Waals surface area contributed by atoms with Crippen molar-refractivity contribution in [2.45, 2.75) is 32.9 Å². The van der Waals surface area contributed by atoms with Gasteiger partial charge in [-0.2, -0.15) is 0 Å². The first-order chi connectivity index (χ1) is 12.2. The number of amides is 1. The number of rotatable bonds is 6. The molecule has 0 spiro atoms. The molecule has 132 valence electrons. The molecule has 25 heavy (non-hydrogen) atoms. The van der Waals surface area contributed by atoms with Crippen molar-refractivity contribution < 1.29 is 14.4 Å². The third-order valence-electron chi connectivity index (χ3n) is 4.91. The van der Waals surface area contributed by atoms with Crippen LogP contribution in [0, 0.1) is 6.92 Å². The normalized spacial score (nSPS) is 14.5. The second kappa shape index (κ2) is 8.17. The molecule has 4 heteroatoms. The zero-order valence-corrected chi connectivity index (χ0v) is 15.1. The number of methoxy groups -OCH3 is 1. The quantitative estimate of drug-likeness (QED) is 0.846. The number of aryl methyl sites for hydroxylation is 1. The van der Waals surface area contributed by atoms with Gasteiger partial charge in [0.2, 0.25) is 0 Å². The second-order valence-electron chi connectivity index (χ2n) is 6.82. The van der Waals surface area contributed by atoms with E-state index in [1.165, 1.54) is 31.5 Å². The predicted octanol–water partition coefficient (Wildman–Crippen LogP) is 2.11. The Morgan fingerprint density at radius 3 is 2.44 bits per heavy atom. The summed E-state index contributed by atoms with van der Waals surface area (Å²) in [5.74, 6) is 0.658. The van der Waals surface area contributed by atoms with Gasteiger partial charge in [0.15, 0.2) is 0 Å². The van der Waals surface area contributed by atoms with Crippen molar-refractivity contribution in [1.82, 2.24) is 5.32 Å². The molecule has 1 heterocycles. The molecular formula is C21H27N2O2+. The van der Waals surface area contributed by atoms with Crippen LogP contribution in [0.15, 0.2) is 42.5 Å². The van der Waals surface area contributed by atoms with Crippen LogP contribution in [0.3, 0.4) is 0 Å². The zero-order valence-electron chi connectivity index (χ0n) is 15.1. The van der Waals surface area contributed by atoms with Crippen molar-refractivity contribution in [2.75, 3.05) is 20.2 Å². The molecule has 0 bridgehead atoms. The lowest BCUT2D eigenvalue weighted by atomic mass is 10.1. The molecule has 2 N–H and O–H groups in total. The van der Waals surface area contributed by atoms with Crippen molar-refractivity contribution in [2.24, 2.45) is 0 Å². The summed E-state index contributed by atoms with van der Waals surface area (Å²) in [6.45, 7) is 6.18. The summed E-state index contributed by atoms with van der Waals surface area (Å²) in [4.78, 5) is 14.0. The second-order valence-corrected chi connectivity index (χ2v) is 6.82. The SMILES string of the molecule is COc1cc(C(=O)NCc2ccc(C[NH+]3CCCC3)cc2)ccc1C. The van der Waals surface area contributed by atoms with E-state index in [4.69, 9.17) is 4.74 Å². The number of quaternary nitrogens is 1. The Morgan fingerprint density at radius 1 is 1.08 bits per heavy atom. The van der Waals surface area contributed by atoms with E-state index in [1.807, 2.05) is 19.1 Å². The van der Waals surface area contributed by atoms with Crippen LogP contribution in [0.1, 0.15) is 39.9 Å². The Morgan fingerprint density at radius 2 is 1.76 bits per heavy atom. The highest BCUT2D eigenvalue weighted by molar-refractivity contribution is 5.94. The first kappa shape index (κ1) is 17.5. The highest BCUT2D eigenvalue weighted by Crippen LogP contribution is 2.19. The standard InChI is InChI=1S/C21H26N2O2/c1-16-5-10-19(13-20(16)25-2)21(24)22-14-17-6-8-18(9-7-17)15-23-11-3-4-12-23/h5-10,13H,3-4,11-12,14-15H2,1-2H3,(H,22,24)/p+1. The minimum absolute atomic E-state index is 0.0797. The number of ether oxygens (including phenoxy) is 1. The maximum atomic E-state index is 12.3. The fraction of sp³-hybridized carbons (Fsp3) is 0.381. The van der Waals surface area contributed by atoms with Crippen molar-refractivity contribution in [3.8, 4) is 5.75 Å². The molecule has 1 saturated heterocycles. The van der Waals surface area contributed by atoms with Crippen LogP contribution in [0.2, 0.25) is 0 Å². The van der Waals surface area contributed by atoms with E-state index in [0.29, 0.717) is 12.1 Å². The molecular weight excluding hydrogens is 312 g/mol. The lowest BCUT2D eigenvalue weighted by molar-refractivity contribution is -0.901. The van der Waals surface area contributed by atoms with Crippen LogP contribution in [0.25, 0.3) is 0 Å². The van der Waals surface area contributed by atoms with Gasteiger partial charge in [0.1, 0.15) is 12.3 Å². The van der Waals surface area contributed by atoms with Gasteiger partial charge in [0.05, 0.1) is 20.2 Å². The van der Waals surface area contributed by atoms with E-state index >= 15 is 0 Å². The van der Waals surface area contributed by atoms with Gasteiger partial charge in [-0.1, -0.05) is 30.3 Å². The number of carbonyl (C=O) groups is 1. The number of hydrogen-bond donors (Lipinski definition) is 2. The van der Waals surface area contributed by atoms with Crippen molar-refractivity contribution >= 4 is 5.91 Å². The minimum atomic E-state index is -0.0797. The third kappa shape index (κ3) is 4.60. The van der Waals surface area contributed by atoms with Gasteiger partial charge in [-0.25, -0.2) is 0 Å². The topological polar surface area (TPSA) is 42.8 Å². The Kier molecular flexibility index (Phi) is 5.71. The number of carbonyl (C=O) groups excluding carboxylic acids is 1. The molecule has 0 radical (unpaired) electrons. The number of nitrogens with one attached hydrogen (secondary N) is 2. The van der Waals surface area contributed by atoms with E-state index in [-0.39, 0.29) is 5.91 Å². The molecule has 2 aromatic carbocycles. The van der Waals surface area contributed by atoms with E-state index in [1.54, 1.807) is 18.1 Å². The van der Waals surface area contributed by atoms with Crippen molar-refractivity contribution in [1.29, 1.82) is 0 Å². The fourth-order valence-corrected chi connectivity index (χ4v) is 3.36. The molecule has 1 fully saturated rings. The molecule has 0 aromatic heterocycles. The first-order valence-corrected chi connectivity index (χ1v) is 9.00. The average Bonchev–Trinajstić information content (AvgIpc) is 3.14. The van der Waals surface area contributed by atoms with Crippen LogP contribution >= 0.6 is 0 Å². The monoisotopic (exact) mass is 339 g/mol. The molecule has 4 nitrogen and oxygen atoms in total. The van der Waals surface area contributed by atoms with Crippen LogP contribution in [-0.2, 0) is 13.1 Å². The maximum Gasteiger partial charge on any atom is 0.251 e. The lowest BCUT2D eigenvalue weighted by Crippen LogP contribution is -3.08. The van der Waals surface area contributed by atoms with Crippen LogP contribution in [-0.4, -0.2) is 26.1 Å². The lowest BCUT2D eigenvalue weighted by Gasteiger charge is -2.12. The maximum absolute atomic E-state index is 12.3. The summed E-state index contributed by atoms with van der Waals surface area (Å²) in [6, 6.07) is 14.1. The molecule has 0 saturated carbocycles. The van der Waals surface area contributed by atoms with Gasteiger partial charge < -0.3 is 15.0 Å². The highest BCUT2D eigenvalue weighted by Gasteiger charge is 2.15.